The van der Waals surface area contributed by atoms with Crippen LogP contribution in [0.1, 0.15) is 26.3 Å². The van der Waals surface area contributed by atoms with Gasteiger partial charge >= 0.3 is 0 Å². The summed E-state index contributed by atoms with van der Waals surface area (Å²) in [5.41, 5.74) is 10.4. The monoisotopic (exact) mass is 956 g/mol. The third-order valence-electron chi connectivity index (χ3n) is 12.3. The van der Waals surface area contributed by atoms with Gasteiger partial charge in [-0.3, -0.25) is 0 Å². The number of hydrogen-bond acceptors (Lipinski definition) is 4. The van der Waals surface area contributed by atoms with Crippen molar-refractivity contribution in [1.29, 1.82) is 0 Å². The van der Waals surface area contributed by atoms with E-state index >= 15 is 0 Å². The standard InChI is InChI=1S/C52H37N4OSi.Pt/c1-52(2,3)34-28-29-53-50(30-34)56-42-19-10-7-16-38(42)39-26-24-36(31-44(39)56)57-37-25-27-48-45(32-37)55-33-54(35-14-5-4-6-15-35)43-20-13-23-49(51(43)55)58(48)46-21-11-8-17-40(46)41-18-9-12-22-47(41)58;/h4-30,33H,1-3H3;/q-3;. The molecule has 5 nitrogen and oxygen atoms in total. The number of benzene rings is 7. The summed E-state index contributed by atoms with van der Waals surface area (Å²) in [6.07, 6.45) is 1.91. The Hall–Kier alpha value is -6.20. The predicted molar refractivity (Wildman–Crippen MR) is 239 cm³/mol. The molecule has 288 valence electrons. The molecule has 0 amide bonds. The number of hydrogen-bond donors (Lipinski definition) is 0. The van der Waals surface area contributed by atoms with Crippen molar-refractivity contribution in [1.82, 2.24) is 9.55 Å². The number of ether oxygens (including phenoxy) is 1. The number of anilines is 4. The van der Waals surface area contributed by atoms with Crippen molar-refractivity contribution in [2.24, 2.45) is 0 Å². The van der Waals surface area contributed by atoms with E-state index in [-0.39, 0.29) is 26.5 Å². The Morgan fingerprint density at radius 3 is 2.07 bits per heavy atom. The second kappa shape index (κ2) is 13.2. The van der Waals surface area contributed by atoms with Gasteiger partial charge in [0.1, 0.15) is 13.9 Å². The maximum Gasteiger partial charge on any atom is 0.135 e. The molecule has 1 spiro atoms. The van der Waals surface area contributed by atoms with Crippen LogP contribution in [0.3, 0.4) is 0 Å². The maximum atomic E-state index is 6.83. The van der Waals surface area contributed by atoms with Crippen LogP contribution in [0.15, 0.2) is 164 Å². The minimum Gasteiger partial charge on any atom is -0.509 e. The summed E-state index contributed by atoms with van der Waals surface area (Å²) < 4.78 is 9.04. The van der Waals surface area contributed by atoms with Gasteiger partial charge in [0.25, 0.3) is 0 Å². The second-order valence-electron chi connectivity index (χ2n) is 16.5. The molecule has 5 heterocycles. The van der Waals surface area contributed by atoms with Gasteiger partial charge in [-0.05, 0) is 79.4 Å². The van der Waals surface area contributed by atoms with Gasteiger partial charge in [-0.15, -0.1) is 41.5 Å². The Labute approximate surface area is 359 Å². The van der Waals surface area contributed by atoms with Crippen molar-refractivity contribution in [2.75, 3.05) is 9.80 Å². The Balaban J connectivity index is 0.00000397. The third-order valence-corrected chi connectivity index (χ3v) is 17.2. The van der Waals surface area contributed by atoms with Crippen molar-refractivity contribution >= 4 is 73.4 Å². The van der Waals surface area contributed by atoms with Gasteiger partial charge in [0.05, 0.1) is 0 Å². The zero-order chi connectivity index (χ0) is 38.8. The molecule has 0 aliphatic carbocycles. The van der Waals surface area contributed by atoms with Crippen LogP contribution in [-0.2, 0) is 26.5 Å². The van der Waals surface area contributed by atoms with Crippen LogP contribution in [0.4, 0.5) is 22.7 Å². The van der Waals surface area contributed by atoms with Gasteiger partial charge in [0, 0.05) is 61.3 Å². The van der Waals surface area contributed by atoms with Crippen molar-refractivity contribution in [3.05, 3.63) is 188 Å². The average molecular weight is 957 g/mol. The fourth-order valence-electron chi connectivity index (χ4n) is 9.75. The summed E-state index contributed by atoms with van der Waals surface area (Å²) >= 11 is 0. The van der Waals surface area contributed by atoms with E-state index in [2.05, 4.69) is 206 Å². The van der Waals surface area contributed by atoms with Gasteiger partial charge in [-0.2, -0.15) is 12.1 Å². The third kappa shape index (κ3) is 5.09. The molecule has 7 heteroatoms. The van der Waals surface area contributed by atoms with Crippen LogP contribution in [0, 0.1) is 18.8 Å². The van der Waals surface area contributed by atoms with E-state index in [1.165, 1.54) is 48.8 Å². The Kier molecular flexibility index (Phi) is 8.01. The quantitative estimate of drug-likeness (QED) is 0.130. The van der Waals surface area contributed by atoms with Crippen molar-refractivity contribution in [2.45, 2.75) is 26.2 Å². The summed E-state index contributed by atoms with van der Waals surface area (Å²) in [5.74, 6) is 2.12. The van der Waals surface area contributed by atoms with E-state index in [4.69, 9.17) is 9.72 Å². The normalized spacial score (nSPS) is 14.2. The molecule has 0 saturated carbocycles. The largest absolute Gasteiger partial charge is 0.509 e. The first-order chi connectivity index (χ1) is 28.4. The van der Waals surface area contributed by atoms with E-state index < -0.39 is 8.07 Å². The van der Waals surface area contributed by atoms with Gasteiger partial charge < -0.3 is 19.1 Å². The second-order valence-corrected chi connectivity index (χ2v) is 20.1. The molecule has 7 aromatic carbocycles. The van der Waals surface area contributed by atoms with E-state index in [0.717, 1.165) is 39.0 Å². The van der Waals surface area contributed by atoms with Gasteiger partial charge in [-0.25, -0.2) is 4.98 Å². The summed E-state index contributed by atoms with van der Waals surface area (Å²) in [4.78, 5) is 9.54. The van der Waals surface area contributed by atoms with E-state index in [1.807, 2.05) is 12.3 Å². The number of para-hydroxylation sites is 3. The first-order valence-electron chi connectivity index (χ1n) is 19.9. The topological polar surface area (TPSA) is 33.5 Å². The Morgan fingerprint density at radius 1 is 0.610 bits per heavy atom. The molecule has 0 unspecified atom stereocenters. The Morgan fingerprint density at radius 2 is 1.29 bits per heavy atom. The zero-order valence-corrected chi connectivity index (χ0v) is 36.0. The minimum absolute atomic E-state index is 0. The zero-order valence-electron chi connectivity index (χ0n) is 32.7. The molecule has 3 aliphatic rings. The van der Waals surface area contributed by atoms with Crippen LogP contribution < -0.4 is 35.3 Å². The number of pyridine rings is 1. The summed E-state index contributed by atoms with van der Waals surface area (Å²) in [6, 6.07) is 64.5. The smallest absolute Gasteiger partial charge is 0.135 e. The molecule has 9 aromatic rings. The molecule has 0 bridgehead atoms. The van der Waals surface area contributed by atoms with Crippen LogP contribution in [0.5, 0.6) is 11.5 Å². The van der Waals surface area contributed by atoms with Gasteiger partial charge in [-0.1, -0.05) is 129 Å². The molecule has 0 radical (unpaired) electrons. The van der Waals surface area contributed by atoms with Crippen LogP contribution in [0.2, 0.25) is 0 Å². The first-order valence-corrected chi connectivity index (χ1v) is 21.9. The SMILES string of the molecule is CC(C)(C)c1ccnc(-n2c3[c-]c(Oc4[c-]c5c(cc4)[Si]4(c6ccccc6-c6ccccc64)c4cccc6c4N5[CH-]N6c4ccccc4)ccc3c3ccccc32)c1.[Pt]. The van der Waals surface area contributed by atoms with Gasteiger partial charge in [0.2, 0.25) is 0 Å². The van der Waals surface area contributed by atoms with E-state index in [9.17, 15) is 0 Å². The minimum atomic E-state index is -2.79. The van der Waals surface area contributed by atoms with E-state index in [1.54, 1.807) is 0 Å². The molecule has 3 aliphatic heterocycles. The van der Waals surface area contributed by atoms with Crippen molar-refractivity contribution in [3.63, 3.8) is 0 Å². The molecule has 59 heavy (non-hydrogen) atoms. The fourth-order valence-corrected chi connectivity index (χ4v) is 15.3. The predicted octanol–water partition coefficient (Wildman–Crippen LogP) is 9.95. The van der Waals surface area contributed by atoms with Crippen molar-refractivity contribution < 1.29 is 25.8 Å². The first kappa shape index (κ1) is 35.9. The Bertz CT molecular complexity index is 3110. The molecule has 0 saturated heterocycles. The van der Waals surface area contributed by atoms with Crippen LogP contribution in [0.25, 0.3) is 38.8 Å². The molecular formula is C52H37N4OPtSi-3. The van der Waals surface area contributed by atoms with E-state index in [0.29, 0.717) is 11.5 Å². The number of nitrogens with zero attached hydrogens (tertiary/aromatic N) is 4. The summed E-state index contributed by atoms with van der Waals surface area (Å²) in [7, 11) is -2.79. The number of aromatic nitrogens is 2. The van der Waals surface area contributed by atoms with Crippen LogP contribution in [-0.4, -0.2) is 17.6 Å². The molecule has 0 atom stereocenters. The number of rotatable bonds is 4. The maximum absolute atomic E-state index is 6.83. The molecule has 12 rings (SSSR count). The molecular weight excluding hydrogens is 920 g/mol. The van der Waals surface area contributed by atoms with Crippen LogP contribution >= 0.6 is 0 Å². The number of fused-ring (bicyclic) bond motifs is 12. The molecule has 0 fully saturated rings. The van der Waals surface area contributed by atoms with Crippen molar-refractivity contribution in [3.8, 4) is 28.4 Å². The fraction of sp³-hybridized carbons (Fsp3) is 0.0769. The molecule has 0 N–H and O–H groups in total. The summed E-state index contributed by atoms with van der Waals surface area (Å²) in [6.45, 7) is 8.93. The molecule has 2 aromatic heterocycles. The average Bonchev–Trinajstić information content (AvgIpc) is 3.90. The van der Waals surface area contributed by atoms with Gasteiger partial charge in [0.15, 0.2) is 0 Å². The summed E-state index contributed by atoms with van der Waals surface area (Å²) in [5, 5.41) is 7.78.